The van der Waals surface area contributed by atoms with Crippen LogP contribution in [-0.4, -0.2) is 18.0 Å². The van der Waals surface area contributed by atoms with Gasteiger partial charge in [-0.05, 0) is 44.2 Å². The largest absolute Gasteiger partial charge is 0.493 e. The molecular formula is C24H35BrO2. The van der Waals surface area contributed by atoms with Crippen LogP contribution in [-0.2, 0) is 0 Å². The van der Waals surface area contributed by atoms with Gasteiger partial charge in [0, 0.05) is 15.6 Å². The molecule has 2 aromatic carbocycles. The van der Waals surface area contributed by atoms with Crippen LogP contribution in [0.2, 0.25) is 0 Å². The number of unbranched alkanes of at least 4 members (excludes halogenated alkanes) is 5. The number of hydrogen-bond donors (Lipinski definition) is 0. The lowest BCUT2D eigenvalue weighted by Crippen LogP contribution is -2.02. The maximum atomic E-state index is 6.09. The first kappa shape index (κ1) is 22.1. The zero-order valence-corrected chi connectivity index (χ0v) is 18.6. The summed E-state index contributed by atoms with van der Waals surface area (Å²) in [6.07, 6.45) is 11.0. The number of hydrogen-bond acceptors (Lipinski definition) is 2. The van der Waals surface area contributed by atoms with Crippen LogP contribution in [0.5, 0.6) is 11.5 Å². The minimum atomic E-state index is 0.636. The fourth-order valence-electron chi connectivity index (χ4n) is 3.24. The molecule has 0 saturated heterocycles. The van der Waals surface area contributed by atoms with Gasteiger partial charge in [-0.3, -0.25) is 0 Å². The summed E-state index contributed by atoms with van der Waals surface area (Å²) in [6, 6.07) is 12.5. The van der Waals surface area contributed by atoms with Crippen LogP contribution in [0.15, 0.2) is 36.4 Å². The number of rotatable bonds is 14. The Labute approximate surface area is 173 Å². The molecule has 0 radical (unpaired) electrons. The number of benzene rings is 2. The summed E-state index contributed by atoms with van der Waals surface area (Å²) >= 11 is 3.70. The maximum absolute atomic E-state index is 6.09. The highest BCUT2D eigenvalue weighted by Crippen LogP contribution is 2.33. The van der Waals surface area contributed by atoms with Gasteiger partial charge in [0.05, 0.1) is 13.2 Å². The highest BCUT2D eigenvalue weighted by atomic mass is 79.9. The molecule has 1 atom stereocenters. The third-order valence-corrected chi connectivity index (χ3v) is 6.07. The molecule has 0 bridgehead atoms. The van der Waals surface area contributed by atoms with Gasteiger partial charge in [0.25, 0.3) is 0 Å². The number of fused-ring (bicyclic) bond motifs is 1. The van der Waals surface area contributed by atoms with Crippen molar-refractivity contribution in [2.45, 2.75) is 76.5 Å². The molecule has 0 aliphatic heterocycles. The second-order valence-electron chi connectivity index (χ2n) is 7.22. The predicted molar refractivity (Wildman–Crippen MR) is 121 cm³/mol. The van der Waals surface area contributed by atoms with Gasteiger partial charge in [0.1, 0.15) is 11.5 Å². The predicted octanol–water partition coefficient (Wildman–Crippen LogP) is 7.91. The summed E-state index contributed by atoms with van der Waals surface area (Å²) in [6.45, 7) is 6.02. The molecule has 0 saturated carbocycles. The van der Waals surface area contributed by atoms with Crippen molar-refractivity contribution >= 4 is 26.7 Å². The van der Waals surface area contributed by atoms with Crippen LogP contribution in [0.3, 0.4) is 0 Å². The van der Waals surface area contributed by atoms with Crippen LogP contribution in [0, 0.1) is 0 Å². The Bertz CT molecular complexity index is 656. The van der Waals surface area contributed by atoms with Crippen molar-refractivity contribution in [1.29, 1.82) is 0 Å². The first-order valence-electron chi connectivity index (χ1n) is 10.7. The van der Waals surface area contributed by atoms with Crippen molar-refractivity contribution in [2.75, 3.05) is 13.2 Å². The van der Waals surface area contributed by atoms with E-state index < -0.39 is 0 Å². The van der Waals surface area contributed by atoms with Gasteiger partial charge in [0.2, 0.25) is 0 Å². The van der Waals surface area contributed by atoms with Crippen molar-refractivity contribution in [3.05, 3.63) is 36.4 Å². The summed E-state index contributed by atoms with van der Waals surface area (Å²) in [5.41, 5.74) is 0. The molecule has 0 fully saturated rings. The molecule has 2 aromatic rings. The normalized spacial score (nSPS) is 12.3. The van der Waals surface area contributed by atoms with E-state index in [-0.39, 0.29) is 0 Å². The topological polar surface area (TPSA) is 18.5 Å². The Kier molecular flexibility index (Phi) is 10.7. The van der Waals surface area contributed by atoms with Gasteiger partial charge in [-0.2, -0.15) is 0 Å². The quantitative estimate of drug-likeness (QED) is 0.222. The van der Waals surface area contributed by atoms with E-state index in [2.05, 4.69) is 66.2 Å². The molecule has 27 heavy (non-hydrogen) atoms. The van der Waals surface area contributed by atoms with Crippen molar-refractivity contribution in [2.24, 2.45) is 0 Å². The molecule has 0 aromatic heterocycles. The molecule has 0 aliphatic carbocycles. The van der Waals surface area contributed by atoms with Crippen molar-refractivity contribution < 1.29 is 9.47 Å². The van der Waals surface area contributed by atoms with Crippen LogP contribution in [0.4, 0.5) is 0 Å². The number of alkyl halides is 1. The van der Waals surface area contributed by atoms with Gasteiger partial charge >= 0.3 is 0 Å². The maximum Gasteiger partial charge on any atom is 0.127 e. The van der Waals surface area contributed by atoms with Crippen LogP contribution in [0.1, 0.15) is 71.6 Å². The van der Waals surface area contributed by atoms with E-state index in [9.17, 15) is 0 Å². The average Bonchev–Trinajstić information content (AvgIpc) is 2.71. The summed E-state index contributed by atoms with van der Waals surface area (Å²) in [4.78, 5) is 0.636. The molecule has 150 valence electrons. The van der Waals surface area contributed by atoms with E-state index in [1.165, 1.54) is 44.9 Å². The van der Waals surface area contributed by atoms with E-state index in [4.69, 9.17) is 9.47 Å². The molecule has 2 rings (SSSR count). The summed E-state index contributed by atoms with van der Waals surface area (Å²) in [5.74, 6) is 1.94. The SMILES string of the molecule is CCCCCCCOc1ccc(OCCCCC(Br)CC)c2ccccc12. The monoisotopic (exact) mass is 434 g/mol. The highest BCUT2D eigenvalue weighted by Gasteiger charge is 2.08. The standard InChI is InChI=1S/C24H35BrO2/c1-3-5-6-7-11-18-26-23-16-17-24(22-15-9-8-14-21(22)23)27-19-12-10-13-20(25)4-2/h8-9,14-17,20H,3-7,10-13,18-19H2,1-2H3. The lowest BCUT2D eigenvalue weighted by molar-refractivity contribution is 0.302. The van der Waals surface area contributed by atoms with E-state index in [0.29, 0.717) is 4.83 Å². The smallest absolute Gasteiger partial charge is 0.127 e. The van der Waals surface area contributed by atoms with Crippen LogP contribution in [0.25, 0.3) is 10.8 Å². The lowest BCUT2D eigenvalue weighted by Gasteiger charge is -2.14. The highest BCUT2D eigenvalue weighted by molar-refractivity contribution is 9.09. The Morgan fingerprint density at radius 3 is 1.85 bits per heavy atom. The minimum absolute atomic E-state index is 0.636. The average molecular weight is 435 g/mol. The molecular weight excluding hydrogens is 400 g/mol. The first-order chi connectivity index (χ1) is 13.3. The van der Waals surface area contributed by atoms with Crippen molar-refractivity contribution in [3.8, 4) is 11.5 Å². The number of ether oxygens (including phenoxy) is 2. The van der Waals surface area contributed by atoms with Gasteiger partial charge < -0.3 is 9.47 Å². The van der Waals surface area contributed by atoms with E-state index >= 15 is 0 Å². The van der Waals surface area contributed by atoms with Crippen LogP contribution < -0.4 is 9.47 Å². The fraction of sp³-hybridized carbons (Fsp3) is 0.583. The fourth-order valence-corrected chi connectivity index (χ4v) is 3.56. The zero-order chi connectivity index (χ0) is 19.3. The Morgan fingerprint density at radius 1 is 0.741 bits per heavy atom. The van der Waals surface area contributed by atoms with E-state index in [1.807, 2.05) is 0 Å². The van der Waals surface area contributed by atoms with Gasteiger partial charge in [-0.1, -0.05) is 79.7 Å². The molecule has 1 unspecified atom stereocenters. The molecule has 0 spiro atoms. The summed E-state index contributed by atoms with van der Waals surface area (Å²) in [7, 11) is 0. The molecule has 0 N–H and O–H groups in total. The second kappa shape index (κ2) is 13.0. The van der Waals surface area contributed by atoms with Gasteiger partial charge in [0.15, 0.2) is 0 Å². The summed E-state index contributed by atoms with van der Waals surface area (Å²) in [5, 5.41) is 2.29. The lowest BCUT2D eigenvalue weighted by atomic mass is 10.1. The second-order valence-corrected chi connectivity index (χ2v) is 8.51. The van der Waals surface area contributed by atoms with E-state index in [1.54, 1.807) is 0 Å². The molecule has 0 aliphatic rings. The zero-order valence-electron chi connectivity index (χ0n) is 17.0. The van der Waals surface area contributed by atoms with Crippen molar-refractivity contribution in [1.82, 2.24) is 0 Å². The summed E-state index contributed by atoms with van der Waals surface area (Å²) < 4.78 is 12.2. The van der Waals surface area contributed by atoms with E-state index in [0.717, 1.165) is 48.3 Å². The van der Waals surface area contributed by atoms with Gasteiger partial charge in [-0.15, -0.1) is 0 Å². The molecule has 0 amide bonds. The third-order valence-electron chi connectivity index (χ3n) is 4.96. The molecule has 3 heteroatoms. The minimum Gasteiger partial charge on any atom is -0.493 e. The number of halogens is 1. The molecule has 0 heterocycles. The van der Waals surface area contributed by atoms with Crippen molar-refractivity contribution in [3.63, 3.8) is 0 Å². The first-order valence-corrected chi connectivity index (χ1v) is 11.6. The Hall–Kier alpha value is -1.22. The Morgan fingerprint density at radius 2 is 1.30 bits per heavy atom. The Balaban J connectivity index is 1.88. The third kappa shape index (κ3) is 7.73. The van der Waals surface area contributed by atoms with Gasteiger partial charge in [-0.25, -0.2) is 0 Å². The molecule has 2 nitrogen and oxygen atoms in total. The van der Waals surface area contributed by atoms with Crippen LogP contribution >= 0.6 is 15.9 Å².